The molecule has 160 valence electrons. The first-order valence-electron chi connectivity index (χ1n) is 11.6. The summed E-state index contributed by atoms with van der Waals surface area (Å²) in [6.45, 7) is 7.07. The van der Waals surface area contributed by atoms with Crippen LogP contribution in [0.4, 0.5) is 4.39 Å². The van der Waals surface area contributed by atoms with Crippen LogP contribution in [0.25, 0.3) is 0 Å². The van der Waals surface area contributed by atoms with Gasteiger partial charge in [-0.3, -0.25) is 0 Å². The number of nitrogens with zero attached hydrogens (tertiary/aromatic N) is 4. The topological polar surface area (TPSA) is 63.8 Å². The number of aliphatic hydroxyl groups is 1. The molecule has 1 aromatic rings. The Hall–Kier alpha value is -1.30. The van der Waals surface area contributed by atoms with E-state index in [1.807, 2.05) is 0 Å². The van der Waals surface area contributed by atoms with E-state index in [1.54, 1.807) is 4.80 Å². The maximum atomic E-state index is 13.4. The van der Waals surface area contributed by atoms with Gasteiger partial charge in [0, 0.05) is 0 Å². The molecular weight excluding hydrogens is 367 g/mol. The molecule has 29 heavy (non-hydrogen) atoms. The average molecular weight is 403 g/mol. The van der Waals surface area contributed by atoms with Gasteiger partial charge in [0.15, 0.2) is 6.33 Å². The summed E-state index contributed by atoms with van der Waals surface area (Å²) in [4.78, 5) is 1.66. The molecule has 0 bridgehead atoms. The average Bonchev–Trinajstić information content (AvgIpc) is 3.34. The summed E-state index contributed by atoms with van der Waals surface area (Å²) in [6, 6.07) is 0. The van der Waals surface area contributed by atoms with Crippen molar-refractivity contribution >= 4 is 0 Å². The lowest BCUT2D eigenvalue weighted by atomic mass is 9.48. The van der Waals surface area contributed by atoms with Crippen LogP contribution < -0.4 is 0 Å². The Balaban J connectivity index is 1.31. The highest BCUT2D eigenvalue weighted by Gasteiger charge is 2.58. The van der Waals surface area contributed by atoms with Crippen LogP contribution >= 0.6 is 0 Å². The van der Waals surface area contributed by atoms with Gasteiger partial charge in [-0.05, 0) is 104 Å². The Bertz CT molecular complexity index is 754. The van der Waals surface area contributed by atoms with Crippen LogP contribution in [0.1, 0.15) is 64.7 Å². The Morgan fingerprint density at radius 1 is 1.14 bits per heavy atom. The highest BCUT2D eigenvalue weighted by Crippen LogP contribution is 2.65. The molecule has 8 atom stereocenters. The van der Waals surface area contributed by atoms with E-state index in [-0.39, 0.29) is 0 Å². The molecule has 0 saturated heterocycles. The molecule has 0 aliphatic heterocycles. The quantitative estimate of drug-likeness (QED) is 0.767. The van der Waals surface area contributed by atoms with Crippen molar-refractivity contribution in [2.24, 2.45) is 40.9 Å². The second-order valence-electron chi connectivity index (χ2n) is 10.8. The molecule has 0 radical (unpaired) electrons. The zero-order valence-electron chi connectivity index (χ0n) is 17.6. The summed E-state index contributed by atoms with van der Waals surface area (Å²) in [5.41, 5.74) is 0.550. The van der Waals surface area contributed by atoms with Gasteiger partial charge in [-0.2, -0.15) is 4.80 Å². The third kappa shape index (κ3) is 3.17. The fraction of sp³-hybridized carbons (Fsp3) is 0.870. The van der Waals surface area contributed by atoms with Gasteiger partial charge in [-0.25, -0.2) is 4.39 Å². The molecule has 5 nitrogen and oxygen atoms in total. The van der Waals surface area contributed by atoms with Crippen molar-refractivity contribution in [1.29, 1.82) is 0 Å². The third-order valence-electron chi connectivity index (χ3n) is 9.58. The van der Waals surface area contributed by atoms with Gasteiger partial charge in [0.1, 0.15) is 6.67 Å². The number of halogens is 1. The second-order valence-corrected chi connectivity index (χ2v) is 10.8. The first kappa shape index (κ1) is 19.7. The van der Waals surface area contributed by atoms with Gasteiger partial charge in [0.2, 0.25) is 0 Å². The normalized spacial score (nSPS) is 46.6. The highest BCUT2D eigenvalue weighted by atomic mass is 19.1. The first-order valence-corrected chi connectivity index (χ1v) is 11.6. The minimum atomic E-state index is -1.04. The maximum Gasteiger partial charge on any atom is 0.162 e. The number of tetrazole rings is 1. The molecule has 0 unspecified atom stereocenters. The van der Waals surface area contributed by atoms with E-state index in [9.17, 15) is 9.50 Å². The lowest BCUT2D eigenvalue weighted by Gasteiger charge is -2.57. The fourth-order valence-corrected chi connectivity index (χ4v) is 8.31. The van der Waals surface area contributed by atoms with Crippen LogP contribution in [-0.4, -0.2) is 37.6 Å². The molecule has 1 aromatic heterocycles. The third-order valence-corrected chi connectivity index (χ3v) is 9.58. The predicted octanol–water partition coefficient (Wildman–Crippen LogP) is 4.20. The standard InChI is InChI=1S/C23H35FN4O/c1-15(12-28-26-14-25-27-28)20-5-6-21-19-4-3-16-11-23(29,13-24)10-8-17(16)18(19)7-9-22(20,21)2/h14,16-21,29H,1,3-13H2,2H3/t16-,17+,18-,19-,20-,21+,22-,23-/m1/s1. The van der Waals surface area contributed by atoms with Crippen LogP contribution in [0.2, 0.25) is 0 Å². The smallest absolute Gasteiger partial charge is 0.162 e. The zero-order valence-corrected chi connectivity index (χ0v) is 17.6. The number of aromatic nitrogens is 4. The number of alkyl halides is 1. The molecule has 4 fully saturated rings. The van der Waals surface area contributed by atoms with Crippen molar-refractivity contribution < 1.29 is 9.50 Å². The van der Waals surface area contributed by atoms with E-state index in [0.717, 1.165) is 24.2 Å². The molecule has 0 aromatic carbocycles. The van der Waals surface area contributed by atoms with Crippen LogP contribution in [-0.2, 0) is 6.54 Å². The Kier molecular flexibility index (Phi) is 4.84. The van der Waals surface area contributed by atoms with Crippen molar-refractivity contribution in [1.82, 2.24) is 20.2 Å². The fourth-order valence-electron chi connectivity index (χ4n) is 8.31. The first-order chi connectivity index (χ1) is 13.9. The second kappa shape index (κ2) is 7.14. The van der Waals surface area contributed by atoms with Gasteiger partial charge < -0.3 is 5.11 Å². The summed E-state index contributed by atoms with van der Waals surface area (Å²) < 4.78 is 13.4. The summed E-state index contributed by atoms with van der Waals surface area (Å²) in [7, 11) is 0. The van der Waals surface area contributed by atoms with Gasteiger partial charge in [-0.15, -0.1) is 10.2 Å². The zero-order chi connectivity index (χ0) is 20.2. The van der Waals surface area contributed by atoms with Gasteiger partial charge in [0.25, 0.3) is 0 Å². The predicted molar refractivity (Wildman–Crippen MR) is 108 cm³/mol. The number of rotatable bonds is 4. The highest BCUT2D eigenvalue weighted by molar-refractivity contribution is 5.15. The molecule has 4 saturated carbocycles. The van der Waals surface area contributed by atoms with Crippen LogP contribution in [0.3, 0.4) is 0 Å². The molecule has 4 aliphatic rings. The molecule has 5 rings (SSSR count). The van der Waals surface area contributed by atoms with E-state index in [1.165, 1.54) is 50.4 Å². The van der Waals surface area contributed by atoms with Crippen molar-refractivity contribution in [3.63, 3.8) is 0 Å². The van der Waals surface area contributed by atoms with E-state index >= 15 is 0 Å². The van der Waals surface area contributed by atoms with Gasteiger partial charge in [-0.1, -0.05) is 19.1 Å². The summed E-state index contributed by atoms with van der Waals surface area (Å²) >= 11 is 0. The van der Waals surface area contributed by atoms with Crippen molar-refractivity contribution in [3.8, 4) is 0 Å². The lowest BCUT2D eigenvalue weighted by molar-refractivity contribution is -0.110. The lowest BCUT2D eigenvalue weighted by Crippen LogP contribution is -2.51. The van der Waals surface area contributed by atoms with Crippen LogP contribution in [0.15, 0.2) is 18.5 Å². The molecular formula is C23H35FN4O. The van der Waals surface area contributed by atoms with Crippen LogP contribution in [0.5, 0.6) is 0 Å². The van der Waals surface area contributed by atoms with E-state index < -0.39 is 12.3 Å². The maximum absolute atomic E-state index is 13.4. The van der Waals surface area contributed by atoms with Gasteiger partial charge >= 0.3 is 0 Å². The Labute approximate surface area is 173 Å². The van der Waals surface area contributed by atoms with E-state index in [0.29, 0.717) is 42.6 Å². The minimum Gasteiger partial charge on any atom is -0.387 e. The number of hydrogen-bond donors (Lipinski definition) is 1. The summed E-state index contributed by atoms with van der Waals surface area (Å²) in [5, 5.41) is 22.5. The van der Waals surface area contributed by atoms with Crippen molar-refractivity contribution in [3.05, 3.63) is 18.5 Å². The molecule has 1 N–H and O–H groups in total. The Morgan fingerprint density at radius 2 is 1.97 bits per heavy atom. The largest absolute Gasteiger partial charge is 0.387 e. The van der Waals surface area contributed by atoms with E-state index in [2.05, 4.69) is 28.9 Å². The minimum absolute atomic E-state index is 0.333. The monoisotopic (exact) mass is 402 g/mol. The molecule has 0 spiro atoms. The van der Waals surface area contributed by atoms with E-state index in [4.69, 9.17) is 0 Å². The molecule has 0 amide bonds. The van der Waals surface area contributed by atoms with Crippen molar-refractivity contribution in [2.75, 3.05) is 6.67 Å². The van der Waals surface area contributed by atoms with Crippen LogP contribution in [0, 0.1) is 40.9 Å². The summed E-state index contributed by atoms with van der Waals surface area (Å²) in [6.07, 6.45) is 11.4. The number of fused-ring (bicyclic) bond motifs is 5. The summed E-state index contributed by atoms with van der Waals surface area (Å²) in [5.74, 6) is 4.12. The number of hydrogen-bond acceptors (Lipinski definition) is 4. The Morgan fingerprint density at radius 3 is 2.72 bits per heavy atom. The molecule has 6 heteroatoms. The van der Waals surface area contributed by atoms with Crippen molar-refractivity contribution in [2.45, 2.75) is 76.9 Å². The number of allylic oxidation sites excluding steroid dienone is 1. The van der Waals surface area contributed by atoms with Gasteiger partial charge in [0.05, 0.1) is 12.1 Å². The molecule has 1 heterocycles. The SMILES string of the molecule is C=C(Cn1ncnn1)[C@H]1CC[C@H]2[C@@H]3CC[C@@H]4C[C@@](O)(CF)CC[C@@H]4[C@H]3CC[C@]12C. The molecule has 4 aliphatic carbocycles.